The Hall–Kier alpha value is -1.36. The van der Waals surface area contributed by atoms with Gasteiger partial charge in [-0.2, -0.15) is 0 Å². The summed E-state index contributed by atoms with van der Waals surface area (Å²) < 4.78 is 0. The van der Waals surface area contributed by atoms with Gasteiger partial charge in [-0.1, -0.05) is 0 Å². The van der Waals surface area contributed by atoms with Gasteiger partial charge in [0, 0.05) is 6.20 Å². The number of nitrogens with one attached hydrogen (secondary N) is 1. The minimum atomic E-state index is 0.365. The molecule has 0 atom stereocenters. The molecule has 1 heterocycles. The highest BCUT2D eigenvalue weighted by Gasteiger charge is 1.96. The number of rotatable bonds is 3. The monoisotopic (exact) mass is 140 g/mol. The second-order valence-corrected chi connectivity index (χ2v) is 1.85. The largest absolute Gasteiger partial charge is 0.347 e. The van der Waals surface area contributed by atoms with Crippen molar-refractivity contribution in [1.82, 2.24) is 15.0 Å². The molecule has 0 aliphatic carbocycles. The molecular formula is C5H8N4O. The van der Waals surface area contributed by atoms with Crippen molar-refractivity contribution in [3.63, 3.8) is 0 Å². The van der Waals surface area contributed by atoms with E-state index in [4.69, 9.17) is 5.84 Å². The Labute approximate surface area is 57.8 Å². The summed E-state index contributed by atoms with van der Waals surface area (Å²) in [5.74, 6) is 5.18. The minimum absolute atomic E-state index is 0.365. The lowest BCUT2D eigenvalue weighted by atomic mass is 10.5. The fraction of sp³-hybridized carbons (Fsp3) is 0.200. The fourth-order valence-corrected chi connectivity index (χ4v) is 0.605. The predicted octanol–water partition coefficient (Wildman–Crippen LogP) is -0.758. The van der Waals surface area contributed by atoms with E-state index < -0.39 is 0 Å². The van der Waals surface area contributed by atoms with Crippen molar-refractivity contribution >= 4 is 6.41 Å². The van der Waals surface area contributed by atoms with Crippen LogP contribution in [0.5, 0.6) is 0 Å². The quantitative estimate of drug-likeness (QED) is 0.251. The third-order valence-corrected chi connectivity index (χ3v) is 1.04. The number of aromatic nitrogens is 2. The highest BCUT2D eigenvalue weighted by atomic mass is 16.1. The molecule has 1 aromatic heterocycles. The Morgan fingerprint density at radius 1 is 1.90 bits per heavy atom. The minimum Gasteiger partial charge on any atom is -0.347 e. The lowest BCUT2D eigenvalue weighted by Gasteiger charge is -2.06. The molecule has 3 N–H and O–H groups in total. The molecule has 1 amide bonds. The zero-order valence-electron chi connectivity index (χ0n) is 5.32. The van der Waals surface area contributed by atoms with Crippen LogP contribution in [0.4, 0.5) is 0 Å². The molecule has 0 radical (unpaired) electrons. The summed E-state index contributed by atoms with van der Waals surface area (Å²) in [4.78, 5) is 16.6. The van der Waals surface area contributed by atoms with Crippen molar-refractivity contribution in [1.29, 1.82) is 0 Å². The van der Waals surface area contributed by atoms with Crippen molar-refractivity contribution < 1.29 is 4.79 Å². The predicted molar refractivity (Wildman–Crippen MR) is 34.4 cm³/mol. The number of nitrogens with two attached hydrogens (primary N) is 1. The number of hydrazine groups is 1. The first-order valence-corrected chi connectivity index (χ1v) is 2.77. The van der Waals surface area contributed by atoms with E-state index in [-0.39, 0.29) is 0 Å². The molecule has 5 heteroatoms. The number of aromatic amines is 1. The summed E-state index contributed by atoms with van der Waals surface area (Å²) in [6.45, 7) is 0.365. The molecule has 0 fully saturated rings. The van der Waals surface area contributed by atoms with Gasteiger partial charge in [-0.05, 0) is 0 Å². The maximum atomic E-state index is 10.00. The number of amides is 1. The third-order valence-electron chi connectivity index (χ3n) is 1.04. The SMILES string of the molecule is NN(C=O)Cc1cnc[nH]1. The molecule has 0 spiro atoms. The Morgan fingerprint density at radius 3 is 3.20 bits per heavy atom. The second-order valence-electron chi connectivity index (χ2n) is 1.85. The Morgan fingerprint density at radius 2 is 2.70 bits per heavy atom. The molecule has 0 unspecified atom stereocenters. The van der Waals surface area contributed by atoms with Crippen molar-refractivity contribution in [3.8, 4) is 0 Å². The van der Waals surface area contributed by atoms with Gasteiger partial charge in [0.25, 0.3) is 0 Å². The van der Waals surface area contributed by atoms with E-state index in [0.29, 0.717) is 13.0 Å². The molecule has 0 saturated heterocycles. The summed E-state index contributed by atoms with van der Waals surface area (Å²) in [7, 11) is 0. The van der Waals surface area contributed by atoms with Gasteiger partial charge in [0.1, 0.15) is 0 Å². The van der Waals surface area contributed by atoms with Crippen LogP contribution in [-0.4, -0.2) is 21.4 Å². The molecule has 0 saturated carbocycles. The van der Waals surface area contributed by atoms with Crippen LogP contribution in [0, 0.1) is 0 Å². The van der Waals surface area contributed by atoms with Crippen molar-refractivity contribution in [3.05, 3.63) is 18.2 Å². The Kier molecular flexibility index (Phi) is 2.01. The maximum Gasteiger partial charge on any atom is 0.224 e. The van der Waals surface area contributed by atoms with Crippen LogP contribution in [0.3, 0.4) is 0 Å². The van der Waals surface area contributed by atoms with Crippen LogP contribution < -0.4 is 5.84 Å². The van der Waals surface area contributed by atoms with Crippen LogP contribution in [0.25, 0.3) is 0 Å². The Balaban J connectivity index is 2.47. The molecular weight excluding hydrogens is 132 g/mol. The zero-order chi connectivity index (χ0) is 7.40. The number of hydrogen-bond donors (Lipinski definition) is 2. The smallest absolute Gasteiger partial charge is 0.224 e. The Bertz CT molecular complexity index is 195. The summed E-state index contributed by atoms with van der Waals surface area (Å²) in [6.07, 6.45) is 3.71. The summed E-state index contributed by atoms with van der Waals surface area (Å²) in [6, 6.07) is 0. The molecule has 10 heavy (non-hydrogen) atoms. The molecule has 0 aliphatic rings. The standard InChI is InChI=1S/C5H8N4O/c6-9(4-10)2-5-1-7-3-8-5/h1,3-4H,2,6H2,(H,7,8). The molecule has 1 aromatic rings. The first-order valence-electron chi connectivity index (χ1n) is 2.77. The van der Waals surface area contributed by atoms with Crippen molar-refractivity contribution in [2.24, 2.45) is 5.84 Å². The van der Waals surface area contributed by atoms with Crippen LogP contribution >= 0.6 is 0 Å². The van der Waals surface area contributed by atoms with Crippen LogP contribution in [-0.2, 0) is 11.3 Å². The van der Waals surface area contributed by atoms with Gasteiger partial charge < -0.3 is 4.98 Å². The zero-order valence-corrected chi connectivity index (χ0v) is 5.32. The van der Waals surface area contributed by atoms with Crippen molar-refractivity contribution in [2.75, 3.05) is 0 Å². The molecule has 0 aromatic carbocycles. The van der Waals surface area contributed by atoms with E-state index in [2.05, 4.69) is 9.97 Å². The average molecular weight is 140 g/mol. The van der Waals surface area contributed by atoms with Gasteiger partial charge in [0.15, 0.2) is 0 Å². The maximum absolute atomic E-state index is 10.00. The number of nitrogens with zero attached hydrogens (tertiary/aromatic N) is 2. The van der Waals surface area contributed by atoms with Gasteiger partial charge in [-0.3, -0.25) is 9.80 Å². The van der Waals surface area contributed by atoms with Crippen LogP contribution in [0.2, 0.25) is 0 Å². The van der Waals surface area contributed by atoms with Gasteiger partial charge in [-0.25, -0.2) is 10.8 Å². The molecule has 54 valence electrons. The van der Waals surface area contributed by atoms with Crippen LogP contribution in [0.1, 0.15) is 5.69 Å². The number of carbonyl (C=O) groups is 1. The molecule has 1 rings (SSSR count). The van der Waals surface area contributed by atoms with Gasteiger partial charge in [-0.15, -0.1) is 0 Å². The topological polar surface area (TPSA) is 75.0 Å². The fourth-order valence-electron chi connectivity index (χ4n) is 0.605. The second kappa shape index (κ2) is 2.98. The first-order chi connectivity index (χ1) is 4.83. The van der Waals surface area contributed by atoms with Crippen molar-refractivity contribution in [2.45, 2.75) is 6.54 Å². The number of imidazole rings is 1. The van der Waals surface area contributed by atoms with E-state index in [9.17, 15) is 4.79 Å². The highest BCUT2D eigenvalue weighted by molar-refractivity contribution is 5.45. The summed E-state index contributed by atoms with van der Waals surface area (Å²) in [5.41, 5.74) is 0.814. The lowest BCUT2D eigenvalue weighted by molar-refractivity contribution is -0.118. The highest BCUT2D eigenvalue weighted by Crippen LogP contribution is 1.91. The molecule has 0 aliphatic heterocycles. The van der Waals surface area contributed by atoms with E-state index in [1.807, 2.05) is 0 Å². The normalized spacial score (nSPS) is 9.30. The lowest BCUT2D eigenvalue weighted by Crippen LogP contribution is -2.28. The van der Waals surface area contributed by atoms with E-state index in [1.54, 1.807) is 6.20 Å². The molecule has 5 nitrogen and oxygen atoms in total. The van der Waals surface area contributed by atoms with E-state index in [1.165, 1.54) is 6.33 Å². The van der Waals surface area contributed by atoms with Gasteiger partial charge in [0.2, 0.25) is 6.41 Å². The molecule has 0 bridgehead atoms. The summed E-state index contributed by atoms with van der Waals surface area (Å²) in [5, 5.41) is 1.04. The average Bonchev–Trinajstić information content (AvgIpc) is 2.40. The van der Waals surface area contributed by atoms with E-state index in [0.717, 1.165) is 10.7 Å². The van der Waals surface area contributed by atoms with Crippen LogP contribution in [0.15, 0.2) is 12.5 Å². The van der Waals surface area contributed by atoms with Gasteiger partial charge in [0.05, 0.1) is 18.6 Å². The summed E-state index contributed by atoms with van der Waals surface area (Å²) >= 11 is 0. The third kappa shape index (κ3) is 1.56. The van der Waals surface area contributed by atoms with Gasteiger partial charge >= 0.3 is 0 Å². The first kappa shape index (κ1) is 6.76. The van der Waals surface area contributed by atoms with E-state index >= 15 is 0 Å². The number of carbonyl (C=O) groups excluding carboxylic acids is 1. The number of hydrogen-bond acceptors (Lipinski definition) is 3. The number of H-pyrrole nitrogens is 1.